The number of ether oxygens (including phenoxy) is 2. The maximum Gasteiger partial charge on any atom is 0.410 e. The maximum atomic E-state index is 12.6. The molecule has 0 unspecified atom stereocenters. The number of likely N-dealkylation sites (tertiary alicyclic amines) is 1. The first kappa shape index (κ1) is 23.1. The normalized spacial score (nSPS) is 21.1. The predicted molar refractivity (Wildman–Crippen MR) is 115 cm³/mol. The smallest absolute Gasteiger partial charge is 0.410 e. The van der Waals surface area contributed by atoms with Crippen LogP contribution in [0.5, 0.6) is 5.88 Å². The van der Waals surface area contributed by atoms with Crippen LogP contribution in [-0.2, 0) is 4.74 Å². The molecule has 0 spiro atoms. The van der Waals surface area contributed by atoms with E-state index in [1.54, 1.807) is 11.0 Å². The number of likely N-dealkylation sites (N-methyl/N-ethyl adjacent to an activating group) is 1. The summed E-state index contributed by atoms with van der Waals surface area (Å²) in [4.78, 5) is 38.4. The fourth-order valence-electron chi connectivity index (χ4n) is 3.86. The zero-order valence-corrected chi connectivity index (χ0v) is 19.0. The molecule has 172 valence electrons. The lowest BCUT2D eigenvalue weighted by molar-refractivity contribution is 0.0107. The molecule has 10 heteroatoms. The monoisotopic (exact) mass is 435 g/mol. The highest BCUT2D eigenvalue weighted by atomic mass is 16.6. The number of anilines is 1. The molecule has 2 aliphatic heterocycles. The van der Waals surface area contributed by atoms with Gasteiger partial charge in [0.25, 0.3) is 0 Å². The molecule has 31 heavy (non-hydrogen) atoms. The number of rotatable bonds is 5. The number of hydrogen-bond donors (Lipinski definition) is 1. The molecule has 0 aliphatic carbocycles. The van der Waals surface area contributed by atoms with E-state index in [1.165, 1.54) is 0 Å². The van der Waals surface area contributed by atoms with Crippen molar-refractivity contribution in [2.75, 3.05) is 44.7 Å². The van der Waals surface area contributed by atoms with Crippen molar-refractivity contribution < 1.29 is 24.2 Å². The van der Waals surface area contributed by atoms with Crippen LogP contribution in [0.4, 0.5) is 10.6 Å². The highest BCUT2D eigenvalue weighted by Gasteiger charge is 2.36. The molecule has 2 aliphatic rings. The Morgan fingerprint density at radius 2 is 1.84 bits per heavy atom. The van der Waals surface area contributed by atoms with Gasteiger partial charge in [-0.3, -0.25) is 0 Å². The number of carbonyl (C=O) groups excluding carboxylic acids is 1. The lowest BCUT2D eigenvalue weighted by Crippen LogP contribution is -2.46. The highest BCUT2D eigenvalue weighted by Crippen LogP contribution is 2.27. The van der Waals surface area contributed by atoms with E-state index in [4.69, 9.17) is 9.47 Å². The van der Waals surface area contributed by atoms with Crippen molar-refractivity contribution in [3.8, 4) is 5.88 Å². The van der Waals surface area contributed by atoms with Crippen molar-refractivity contribution in [2.45, 2.75) is 58.3 Å². The van der Waals surface area contributed by atoms with Gasteiger partial charge in [-0.25, -0.2) is 14.6 Å². The molecule has 1 aromatic heterocycles. The number of aromatic nitrogens is 2. The number of carbonyl (C=O) groups is 2. The number of hydrogen-bond acceptors (Lipinski definition) is 8. The third-order valence-electron chi connectivity index (χ3n) is 5.48. The fraction of sp³-hybridized carbons (Fsp3) is 0.714. The molecule has 1 aromatic rings. The van der Waals surface area contributed by atoms with E-state index in [1.807, 2.05) is 39.6 Å². The summed E-state index contributed by atoms with van der Waals surface area (Å²) < 4.78 is 11.6. The Labute approximate surface area is 183 Å². The van der Waals surface area contributed by atoms with Gasteiger partial charge in [0.05, 0.1) is 6.04 Å². The van der Waals surface area contributed by atoms with Crippen LogP contribution in [-0.4, -0.2) is 94.5 Å². The Kier molecular flexibility index (Phi) is 6.88. The topological polar surface area (TPSA) is 108 Å². The lowest BCUT2D eigenvalue weighted by Gasteiger charge is -2.33. The lowest BCUT2D eigenvalue weighted by atomic mass is 10.1. The Hall–Kier alpha value is -2.62. The number of amides is 1. The number of aromatic carboxylic acids is 1. The first-order valence-corrected chi connectivity index (χ1v) is 10.8. The van der Waals surface area contributed by atoms with E-state index in [2.05, 4.69) is 14.9 Å². The molecule has 0 bridgehead atoms. The number of carboxylic acids is 1. The zero-order valence-electron chi connectivity index (χ0n) is 19.0. The van der Waals surface area contributed by atoms with Crippen molar-refractivity contribution in [2.24, 2.45) is 0 Å². The van der Waals surface area contributed by atoms with Gasteiger partial charge in [-0.15, -0.1) is 0 Å². The van der Waals surface area contributed by atoms with E-state index in [9.17, 15) is 14.7 Å². The molecule has 0 radical (unpaired) electrons. The SMILES string of the molecule is C[C@H](Oc1cc(N2CCN(C)CC2)nc(C(=O)O)n1)[C@@H]1CCCN1C(=O)OC(C)(C)C. The van der Waals surface area contributed by atoms with Crippen molar-refractivity contribution in [3.63, 3.8) is 0 Å². The number of piperazine rings is 1. The van der Waals surface area contributed by atoms with E-state index in [-0.39, 0.29) is 29.9 Å². The zero-order chi connectivity index (χ0) is 22.8. The molecule has 3 rings (SSSR count). The van der Waals surface area contributed by atoms with Crippen LogP contribution in [0.25, 0.3) is 0 Å². The average molecular weight is 436 g/mol. The van der Waals surface area contributed by atoms with E-state index in [0.29, 0.717) is 12.4 Å². The summed E-state index contributed by atoms with van der Waals surface area (Å²) in [6, 6.07) is 1.51. The quantitative estimate of drug-likeness (QED) is 0.743. The average Bonchev–Trinajstić information content (AvgIpc) is 3.17. The molecule has 1 amide bonds. The summed E-state index contributed by atoms with van der Waals surface area (Å²) in [6.45, 7) is 11.2. The molecule has 0 saturated carbocycles. The second kappa shape index (κ2) is 9.25. The third-order valence-corrected chi connectivity index (χ3v) is 5.48. The second-order valence-corrected chi connectivity index (χ2v) is 9.19. The van der Waals surface area contributed by atoms with Crippen molar-refractivity contribution in [1.29, 1.82) is 0 Å². The summed E-state index contributed by atoms with van der Waals surface area (Å²) in [5.41, 5.74) is -0.575. The van der Waals surface area contributed by atoms with Gasteiger partial charge >= 0.3 is 12.1 Å². The van der Waals surface area contributed by atoms with Crippen molar-refractivity contribution >= 4 is 17.9 Å². The van der Waals surface area contributed by atoms with Gasteiger partial charge in [-0.1, -0.05) is 0 Å². The first-order chi connectivity index (χ1) is 14.5. The third kappa shape index (κ3) is 5.96. The molecule has 0 aromatic carbocycles. The van der Waals surface area contributed by atoms with Crippen LogP contribution in [0.15, 0.2) is 6.07 Å². The molecule has 2 fully saturated rings. The summed E-state index contributed by atoms with van der Waals surface area (Å²) >= 11 is 0. The molecular formula is C21H33N5O5. The second-order valence-electron chi connectivity index (χ2n) is 9.19. The van der Waals surface area contributed by atoms with Gasteiger partial charge in [0.2, 0.25) is 11.7 Å². The molecule has 10 nitrogen and oxygen atoms in total. The van der Waals surface area contributed by atoms with Crippen LogP contribution in [0.3, 0.4) is 0 Å². The Morgan fingerprint density at radius 1 is 1.16 bits per heavy atom. The van der Waals surface area contributed by atoms with Crippen LogP contribution < -0.4 is 9.64 Å². The van der Waals surface area contributed by atoms with Gasteiger partial charge in [0.1, 0.15) is 17.5 Å². The highest BCUT2D eigenvalue weighted by molar-refractivity contribution is 5.83. The minimum absolute atomic E-state index is 0.176. The molecule has 2 saturated heterocycles. The van der Waals surface area contributed by atoms with Gasteiger partial charge in [0, 0.05) is 38.8 Å². The van der Waals surface area contributed by atoms with Crippen molar-refractivity contribution in [3.05, 3.63) is 11.9 Å². The fourth-order valence-corrected chi connectivity index (χ4v) is 3.86. The number of carboxylic acid groups (broad SMARTS) is 1. The molecular weight excluding hydrogens is 402 g/mol. The van der Waals surface area contributed by atoms with Crippen molar-refractivity contribution in [1.82, 2.24) is 19.8 Å². The molecule has 1 N–H and O–H groups in total. The van der Waals surface area contributed by atoms with Gasteiger partial charge in [0.15, 0.2) is 0 Å². The Bertz CT molecular complexity index is 804. The standard InChI is InChI=1S/C21H33N5O5/c1-14(15-7-6-8-26(15)20(29)31-21(2,3)4)30-17-13-16(22-18(23-17)19(27)28)25-11-9-24(5)10-12-25/h13-15H,6-12H2,1-5H3,(H,27,28)/t14-,15-/m0/s1. The van der Waals surface area contributed by atoms with Crippen LogP contribution in [0.2, 0.25) is 0 Å². The summed E-state index contributed by atoms with van der Waals surface area (Å²) in [7, 11) is 2.05. The van der Waals surface area contributed by atoms with Gasteiger partial charge < -0.3 is 29.3 Å². The van der Waals surface area contributed by atoms with E-state index in [0.717, 1.165) is 39.0 Å². The first-order valence-electron chi connectivity index (χ1n) is 10.8. The molecule has 3 heterocycles. The number of nitrogens with zero attached hydrogens (tertiary/aromatic N) is 5. The predicted octanol–water partition coefficient (Wildman–Crippen LogP) is 2.09. The van der Waals surface area contributed by atoms with Crippen LogP contribution >= 0.6 is 0 Å². The Balaban J connectivity index is 1.76. The van der Waals surface area contributed by atoms with E-state index < -0.39 is 11.6 Å². The molecule has 2 atom stereocenters. The van der Waals surface area contributed by atoms with E-state index >= 15 is 0 Å². The van der Waals surface area contributed by atoms with Gasteiger partial charge in [-0.05, 0) is 47.6 Å². The minimum atomic E-state index is -1.20. The summed E-state index contributed by atoms with van der Waals surface area (Å²) in [5.74, 6) is -0.762. The summed E-state index contributed by atoms with van der Waals surface area (Å²) in [6.07, 6.45) is 0.890. The van der Waals surface area contributed by atoms with Gasteiger partial charge in [-0.2, -0.15) is 4.98 Å². The maximum absolute atomic E-state index is 12.6. The van der Waals surface area contributed by atoms with Crippen LogP contribution in [0.1, 0.15) is 51.2 Å². The summed E-state index contributed by atoms with van der Waals surface area (Å²) in [5, 5.41) is 9.47. The largest absolute Gasteiger partial charge is 0.475 e. The Morgan fingerprint density at radius 3 is 2.45 bits per heavy atom. The van der Waals surface area contributed by atoms with Crippen LogP contribution in [0, 0.1) is 0 Å². The minimum Gasteiger partial charge on any atom is -0.475 e.